The Bertz CT molecular complexity index is 466. The lowest BCUT2D eigenvalue weighted by Crippen LogP contribution is -2.09. The normalized spacial score (nSPS) is 12.0. The minimum Gasteiger partial charge on any atom is -0.466 e. The SMILES string of the molecule is CCCCCCCCCCCCCOC(=O)CCCCCCCCC(=O)OCCC(C)CCOC. The van der Waals surface area contributed by atoms with Gasteiger partial charge in [-0.3, -0.25) is 9.59 Å². The zero-order valence-electron chi connectivity index (χ0n) is 23.6. The highest BCUT2D eigenvalue weighted by Gasteiger charge is 2.06. The Hall–Kier alpha value is -1.10. The predicted octanol–water partition coefficient (Wildman–Crippen LogP) is 8.57. The minimum atomic E-state index is -0.0792. The number of ether oxygens (including phenoxy) is 3. The van der Waals surface area contributed by atoms with Crippen LogP contribution in [0.5, 0.6) is 0 Å². The van der Waals surface area contributed by atoms with Crippen LogP contribution in [0.3, 0.4) is 0 Å². The molecule has 0 aliphatic carbocycles. The molecule has 0 saturated heterocycles. The molecule has 0 radical (unpaired) electrons. The van der Waals surface area contributed by atoms with E-state index in [-0.39, 0.29) is 11.9 Å². The van der Waals surface area contributed by atoms with E-state index in [2.05, 4.69) is 13.8 Å². The number of methoxy groups -OCH3 is 1. The fourth-order valence-corrected chi connectivity index (χ4v) is 4.18. The Kier molecular flexibility index (Phi) is 26.6. The molecule has 0 saturated carbocycles. The fraction of sp³-hybridized carbons (Fsp3) is 0.933. The Morgan fingerprint density at radius 2 is 0.943 bits per heavy atom. The summed E-state index contributed by atoms with van der Waals surface area (Å²) < 4.78 is 15.7. The Morgan fingerprint density at radius 1 is 0.543 bits per heavy atom. The number of unbranched alkanes of at least 4 members (excludes halogenated alkanes) is 15. The van der Waals surface area contributed by atoms with Crippen molar-refractivity contribution in [1.82, 2.24) is 0 Å². The fourth-order valence-electron chi connectivity index (χ4n) is 4.18. The van der Waals surface area contributed by atoms with Crippen molar-refractivity contribution in [3.63, 3.8) is 0 Å². The summed E-state index contributed by atoms with van der Waals surface area (Å²) in [6, 6.07) is 0. The molecule has 0 bridgehead atoms. The second-order valence-corrected chi connectivity index (χ2v) is 10.3. The maximum absolute atomic E-state index is 11.8. The summed E-state index contributed by atoms with van der Waals surface area (Å²) in [5.41, 5.74) is 0. The molecule has 1 atom stereocenters. The van der Waals surface area contributed by atoms with Crippen LogP contribution in [0, 0.1) is 5.92 Å². The van der Waals surface area contributed by atoms with Crippen molar-refractivity contribution in [2.24, 2.45) is 5.92 Å². The third-order valence-corrected chi connectivity index (χ3v) is 6.71. The Morgan fingerprint density at radius 3 is 1.43 bits per heavy atom. The van der Waals surface area contributed by atoms with E-state index in [1.54, 1.807) is 7.11 Å². The van der Waals surface area contributed by atoms with Crippen molar-refractivity contribution in [1.29, 1.82) is 0 Å². The number of esters is 2. The maximum atomic E-state index is 11.8. The first-order valence-electron chi connectivity index (χ1n) is 14.9. The van der Waals surface area contributed by atoms with Gasteiger partial charge in [-0.1, -0.05) is 104 Å². The number of hydrogen-bond donors (Lipinski definition) is 0. The lowest BCUT2D eigenvalue weighted by Gasteiger charge is -2.11. The monoisotopic (exact) mass is 498 g/mol. The summed E-state index contributed by atoms with van der Waals surface area (Å²) in [5, 5.41) is 0. The lowest BCUT2D eigenvalue weighted by atomic mass is 10.1. The van der Waals surface area contributed by atoms with Crippen LogP contribution in [-0.2, 0) is 23.8 Å². The number of carbonyl (C=O) groups is 2. The third-order valence-electron chi connectivity index (χ3n) is 6.71. The summed E-state index contributed by atoms with van der Waals surface area (Å²) in [5.74, 6) is 0.394. The van der Waals surface area contributed by atoms with Crippen molar-refractivity contribution in [3.8, 4) is 0 Å². The first kappa shape index (κ1) is 33.9. The highest BCUT2D eigenvalue weighted by molar-refractivity contribution is 5.69. The van der Waals surface area contributed by atoms with E-state index < -0.39 is 0 Å². The van der Waals surface area contributed by atoms with Gasteiger partial charge < -0.3 is 14.2 Å². The minimum absolute atomic E-state index is 0.0450. The lowest BCUT2D eigenvalue weighted by molar-refractivity contribution is -0.145. The van der Waals surface area contributed by atoms with E-state index in [4.69, 9.17) is 14.2 Å². The van der Waals surface area contributed by atoms with Gasteiger partial charge in [-0.25, -0.2) is 0 Å². The van der Waals surface area contributed by atoms with Gasteiger partial charge in [0.2, 0.25) is 0 Å². The summed E-state index contributed by atoms with van der Waals surface area (Å²) in [4.78, 5) is 23.6. The number of hydrogen-bond acceptors (Lipinski definition) is 5. The van der Waals surface area contributed by atoms with Crippen LogP contribution in [0.4, 0.5) is 0 Å². The number of carbonyl (C=O) groups excluding carboxylic acids is 2. The molecule has 35 heavy (non-hydrogen) atoms. The molecular weight excluding hydrogens is 440 g/mol. The van der Waals surface area contributed by atoms with Crippen LogP contribution in [0.1, 0.15) is 149 Å². The van der Waals surface area contributed by atoms with Gasteiger partial charge in [0.05, 0.1) is 13.2 Å². The van der Waals surface area contributed by atoms with Crippen LogP contribution >= 0.6 is 0 Å². The number of rotatable bonds is 27. The van der Waals surface area contributed by atoms with Gasteiger partial charge in [0.25, 0.3) is 0 Å². The molecule has 0 aromatic rings. The van der Waals surface area contributed by atoms with E-state index in [0.717, 1.165) is 64.4 Å². The molecule has 0 aliphatic heterocycles. The predicted molar refractivity (Wildman–Crippen MR) is 146 cm³/mol. The van der Waals surface area contributed by atoms with Crippen LogP contribution in [-0.4, -0.2) is 38.9 Å². The molecule has 208 valence electrons. The largest absolute Gasteiger partial charge is 0.466 e. The molecule has 5 nitrogen and oxygen atoms in total. The quantitative estimate of drug-likeness (QED) is 0.0838. The van der Waals surface area contributed by atoms with E-state index in [1.807, 2.05) is 0 Å². The van der Waals surface area contributed by atoms with Gasteiger partial charge in [0.1, 0.15) is 0 Å². The summed E-state index contributed by atoms with van der Waals surface area (Å²) >= 11 is 0. The molecular formula is C30H58O5. The molecule has 0 aromatic carbocycles. The van der Waals surface area contributed by atoms with Crippen molar-refractivity contribution < 1.29 is 23.8 Å². The zero-order valence-corrected chi connectivity index (χ0v) is 23.6. The topological polar surface area (TPSA) is 61.8 Å². The average Bonchev–Trinajstić information content (AvgIpc) is 2.85. The molecule has 1 unspecified atom stereocenters. The van der Waals surface area contributed by atoms with Gasteiger partial charge in [0.15, 0.2) is 0 Å². The molecule has 0 N–H and O–H groups in total. The van der Waals surface area contributed by atoms with Crippen molar-refractivity contribution >= 4 is 11.9 Å². The first-order valence-corrected chi connectivity index (χ1v) is 14.9. The third kappa shape index (κ3) is 27.3. The second-order valence-electron chi connectivity index (χ2n) is 10.3. The van der Waals surface area contributed by atoms with Crippen LogP contribution in [0.15, 0.2) is 0 Å². The Labute approximate surface area is 217 Å². The highest BCUT2D eigenvalue weighted by Crippen LogP contribution is 2.13. The van der Waals surface area contributed by atoms with E-state index in [0.29, 0.717) is 32.0 Å². The summed E-state index contributed by atoms with van der Waals surface area (Å²) in [7, 11) is 1.71. The summed E-state index contributed by atoms with van der Waals surface area (Å²) in [6.07, 6.45) is 23.4. The van der Waals surface area contributed by atoms with E-state index in [9.17, 15) is 9.59 Å². The molecule has 0 fully saturated rings. The van der Waals surface area contributed by atoms with Crippen molar-refractivity contribution in [2.45, 2.75) is 149 Å². The van der Waals surface area contributed by atoms with Crippen molar-refractivity contribution in [3.05, 3.63) is 0 Å². The molecule has 0 rings (SSSR count). The highest BCUT2D eigenvalue weighted by atomic mass is 16.5. The van der Waals surface area contributed by atoms with Crippen LogP contribution < -0.4 is 0 Å². The standard InChI is InChI=1S/C30H58O5/c1-4-5-6-7-8-9-10-11-14-17-20-25-34-29(31)21-18-15-12-13-16-19-22-30(32)35-27-24-28(2)23-26-33-3/h28H,4-27H2,1-3H3. The first-order chi connectivity index (χ1) is 17.1. The van der Waals surface area contributed by atoms with Gasteiger partial charge in [-0.15, -0.1) is 0 Å². The molecule has 0 aliphatic rings. The van der Waals surface area contributed by atoms with Gasteiger partial charge in [-0.2, -0.15) is 0 Å². The van der Waals surface area contributed by atoms with Gasteiger partial charge >= 0.3 is 11.9 Å². The molecule has 0 spiro atoms. The summed E-state index contributed by atoms with van der Waals surface area (Å²) in [6.45, 7) is 6.28. The molecule has 0 heterocycles. The average molecular weight is 499 g/mol. The molecule has 0 amide bonds. The van der Waals surface area contributed by atoms with Crippen molar-refractivity contribution in [2.75, 3.05) is 26.9 Å². The smallest absolute Gasteiger partial charge is 0.305 e. The van der Waals surface area contributed by atoms with E-state index >= 15 is 0 Å². The molecule has 5 heteroatoms. The van der Waals surface area contributed by atoms with Gasteiger partial charge in [0, 0.05) is 26.6 Å². The zero-order chi connectivity index (χ0) is 25.8. The Balaban J connectivity index is 3.30. The maximum Gasteiger partial charge on any atom is 0.305 e. The van der Waals surface area contributed by atoms with E-state index in [1.165, 1.54) is 64.2 Å². The second kappa shape index (κ2) is 27.5. The van der Waals surface area contributed by atoms with Gasteiger partial charge in [-0.05, 0) is 38.0 Å². The van der Waals surface area contributed by atoms with Crippen LogP contribution in [0.25, 0.3) is 0 Å². The van der Waals surface area contributed by atoms with Crippen LogP contribution in [0.2, 0.25) is 0 Å². The molecule has 0 aromatic heterocycles.